The predicted molar refractivity (Wildman–Crippen MR) is 50.5 cm³/mol. The molecule has 0 aliphatic rings. The summed E-state index contributed by atoms with van der Waals surface area (Å²) in [5.41, 5.74) is 5.50. The highest BCUT2D eigenvalue weighted by Gasteiger charge is 2.10. The van der Waals surface area contributed by atoms with E-state index >= 15 is 0 Å². The van der Waals surface area contributed by atoms with Gasteiger partial charge in [-0.25, -0.2) is 0 Å². The van der Waals surface area contributed by atoms with Crippen LogP contribution in [0.15, 0.2) is 0 Å². The molecule has 0 saturated heterocycles. The first-order chi connectivity index (χ1) is 5.61. The highest BCUT2D eigenvalue weighted by atomic mass is 15.1. The van der Waals surface area contributed by atoms with Crippen LogP contribution in [0.25, 0.3) is 0 Å². The smallest absolute Gasteiger partial charge is 0.0638 e. The summed E-state index contributed by atoms with van der Waals surface area (Å²) >= 11 is 0. The Bertz CT molecular complexity index is 150. The molecular weight excluding hydrogens is 150 g/mol. The third-order valence-electron chi connectivity index (χ3n) is 2.14. The molecule has 2 N–H and O–H groups in total. The Morgan fingerprint density at radius 3 is 2.50 bits per heavy atom. The fraction of sp³-hybridized carbons (Fsp3) is 0.889. The highest BCUT2D eigenvalue weighted by molar-refractivity contribution is 4.78. The van der Waals surface area contributed by atoms with E-state index in [0.29, 0.717) is 24.9 Å². The van der Waals surface area contributed by atoms with Crippen molar-refractivity contribution in [3.05, 3.63) is 0 Å². The topological polar surface area (TPSA) is 53.0 Å². The molecule has 0 aliphatic carbocycles. The van der Waals surface area contributed by atoms with E-state index in [9.17, 15) is 0 Å². The Hall–Kier alpha value is -0.590. The molecule has 12 heavy (non-hydrogen) atoms. The molecule has 0 fully saturated rings. The number of rotatable bonds is 5. The normalized spacial score (nSPS) is 15.7. The van der Waals surface area contributed by atoms with Crippen molar-refractivity contribution < 1.29 is 0 Å². The van der Waals surface area contributed by atoms with Crippen molar-refractivity contribution in [3.8, 4) is 6.07 Å². The number of hydrogen-bond acceptors (Lipinski definition) is 3. The third kappa shape index (κ3) is 4.32. The van der Waals surface area contributed by atoms with E-state index < -0.39 is 0 Å². The van der Waals surface area contributed by atoms with Crippen molar-refractivity contribution in [1.29, 1.82) is 5.26 Å². The minimum absolute atomic E-state index is 0.337. The Kier molecular flexibility index (Phi) is 5.69. The summed E-state index contributed by atoms with van der Waals surface area (Å²) in [6.07, 6.45) is 0.591. The van der Waals surface area contributed by atoms with Gasteiger partial charge in [0.05, 0.1) is 12.5 Å². The van der Waals surface area contributed by atoms with Gasteiger partial charge in [-0.3, -0.25) is 0 Å². The molecule has 0 bridgehead atoms. The maximum Gasteiger partial charge on any atom is 0.0638 e. The lowest BCUT2D eigenvalue weighted by atomic mass is 10.1. The summed E-state index contributed by atoms with van der Waals surface area (Å²) in [5.74, 6) is 0.510. The summed E-state index contributed by atoms with van der Waals surface area (Å²) in [4.78, 5) is 2.18. The van der Waals surface area contributed by atoms with Crippen LogP contribution in [-0.2, 0) is 0 Å². The summed E-state index contributed by atoms with van der Waals surface area (Å²) in [6.45, 7) is 5.87. The van der Waals surface area contributed by atoms with Crippen molar-refractivity contribution in [2.45, 2.75) is 26.3 Å². The van der Waals surface area contributed by atoms with Crippen molar-refractivity contribution >= 4 is 0 Å². The van der Waals surface area contributed by atoms with Gasteiger partial charge in [-0.1, -0.05) is 6.92 Å². The number of nitriles is 1. The maximum atomic E-state index is 8.48. The Morgan fingerprint density at radius 2 is 2.08 bits per heavy atom. The molecule has 0 heterocycles. The molecule has 0 radical (unpaired) electrons. The molecule has 0 rings (SSSR count). The second-order valence-electron chi connectivity index (χ2n) is 3.49. The van der Waals surface area contributed by atoms with Gasteiger partial charge >= 0.3 is 0 Å². The lowest BCUT2D eigenvalue weighted by molar-refractivity contribution is 0.229. The molecule has 0 aliphatic heterocycles. The van der Waals surface area contributed by atoms with E-state index in [1.165, 1.54) is 0 Å². The van der Waals surface area contributed by atoms with E-state index in [0.717, 1.165) is 6.54 Å². The second kappa shape index (κ2) is 5.99. The van der Waals surface area contributed by atoms with Gasteiger partial charge in [0.2, 0.25) is 0 Å². The molecule has 0 spiro atoms. The molecule has 0 saturated carbocycles. The SMILES string of the molecule is CC(CN)CN(C)C(C)CC#N. The number of nitrogens with zero attached hydrogens (tertiary/aromatic N) is 2. The quantitative estimate of drug-likeness (QED) is 0.662. The van der Waals surface area contributed by atoms with Gasteiger partial charge in [0.25, 0.3) is 0 Å². The zero-order chi connectivity index (χ0) is 9.56. The molecule has 3 heteroatoms. The van der Waals surface area contributed by atoms with Crippen molar-refractivity contribution in [2.24, 2.45) is 11.7 Å². The van der Waals surface area contributed by atoms with Gasteiger partial charge in [-0.15, -0.1) is 0 Å². The molecule has 3 nitrogen and oxygen atoms in total. The third-order valence-corrected chi connectivity index (χ3v) is 2.14. The van der Waals surface area contributed by atoms with Gasteiger partial charge in [0.1, 0.15) is 0 Å². The minimum atomic E-state index is 0.337. The molecule has 0 aromatic rings. The fourth-order valence-electron chi connectivity index (χ4n) is 1.03. The van der Waals surface area contributed by atoms with E-state index in [1.807, 2.05) is 7.05 Å². The van der Waals surface area contributed by atoms with Crippen LogP contribution in [0.3, 0.4) is 0 Å². The first-order valence-corrected chi connectivity index (χ1v) is 4.39. The van der Waals surface area contributed by atoms with Crippen LogP contribution >= 0.6 is 0 Å². The van der Waals surface area contributed by atoms with Crippen molar-refractivity contribution in [3.63, 3.8) is 0 Å². The molecule has 0 amide bonds. The van der Waals surface area contributed by atoms with E-state index in [1.54, 1.807) is 0 Å². The monoisotopic (exact) mass is 169 g/mol. The fourth-order valence-corrected chi connectivity index (χ4v) is 1.03. The highest BCUT2D eigenvalue weighted by Crippen LogP contribution is 2.03. The summed E-state index contributed by atoms with van der Waals surface area (Å²) in [7, 11) is 2.04. The Balaban J connectivity index is 3.71. The predicted octanol–water partition coefficient (Wildman–Crippen LogP) is 0.815. The summed E-state index contributed by atoms with van der Waals surface area (Å²) in [6, 6.07) is 2.50. The van der Waals surface area contributed by atoms with Gasteiger partial charge in [0, 0.05) is 12.6 Å². The van der Waals surface area contributed by atoms with Gasteiger partial charge in [-0.2, -0.15) is 5.26 Å². The molecule has 2 atom stereocenters. The molecule has 70 valence electrons. The summed E-state index contributed by atoms with van der Waals surface area (Å²) in [5, 5.41) is 8.48. The zero-order valence-electron chi connectivity index (χ0n) is 8.25. The average Bonchev–Trinajstić information content (AvgIpc) is 2.04. The van der Waals surface area contributed by atoms with Crippen LogP contribution in [0, 0.1) is 17.2 Å². The number of hydrogen-bond donors (Lipinski definition) is 1. The first kappa shape index (κ1) is 11.4. The van der Waals surface area contributed by atoms with Gasteiger partial charge in [-0.05, 0) is 26.4 Å². The number of nitrogens with two attached hydrogens (primary N) is 1. The molecule has 0 aromatic carbocycles. The standard InChI is InChI=1S/C9H19N3/c1-8(6-11)7-12(3)9(2)4-5-10/h8-9H,4,6-7,11H2,1-3H3. The second-order valence-corrected chi connectivity index (χ2v) is 3.49. The van der Waals surface area contributed by atoms with Crippen molar-refractivity contribution in [1.82, 2.24) is 4.90 Å². The molecular formula is C9H19N3. The van der Waals surface area contributed by atoms with E-state index in [4.69, 9.17) is 11.0 Å². The van der Waals surface area contributed by atoms with Crippen LogP contribution in [0.5, 0.6) is 0 Å². The summed E-state index contributed by atoms with van der Waals surface area (Å²) < 4.78 is 0. The van der Waals surface area contributed by atoms with Crippen LogP contribution < -0.4 is 5.73 Å². The van der Waals surface area contributed by atoms with Gasteiger partial charge < -0.3 is 10.6 Å². The molecule has 0 aromatic heterocycles. The lowest BCUT2D eigenvalue weighted by Crippen LogP contribution is -2.34. The Morgan fingerprint density at radius 1 is 1.50 bits per heavy atom. The minimum Gasteiger partial charge on any atom is -0.330 e. The maximum absolute atomic E-state index is 8.48. The lowest BCUT2D eigenvalue weighted by Gasteiger charge is -2.25. The largest absolute Gasteiger partial charge is 0.330 e. The van der Waals surface area contributed by atoms with E-state index in [2.05, 4.69) is 24.8 Å². The van der Waals surface area contributed by atoms with Crippen molar-refractivity contribution in [2.75, 3.05) is 20.1 Å². The first-order valence-electron chi connectivity index (χ1n) is 4.39. The zero-order valence-corrected chi connectivity index (χ0v) is 8.25. The van der Waals surface area contributed by atoms with Crippen LogP contribution in [-0.4, -0.2) is 31.1 Å². The average molecular weight is 169 g/mol. The van der Waals surface area contributed by atoms with E-state index in [-0.39, 0.29) is 0 Å². The Labute approximate surface area is 75.2 Å². The van der Waals surface area contributed by atoms with Crippen LogP contribution in [0.2, 0.25) is 0 Å². The van der Waals surface area contributed by atoms with Gasteiger partial charge in [0.15, 0.2) is 0 Å². The van der Waals surface area contributed by atoms with Crippen LogP contribution in [0.4, 0.5) is 0 Å². The van der Waals surface area contributed by atoms with Crippen LogP contribution in [0.1, 0.15) is 20.3 Å². The molecule has 2 unspecified atom stereocenters.